The molecule has 28 heavy (non-hydrogen) atoms. The molecule has 0 spiro atoms. The Hall–Kier alpha value is -3.19. The van der Waals surface area contributed by atoms with Crippen LogP contribution in [0.3, 0.4) is 0 Å². The molecule has 0 atom stereocenters. The van der Waals surface area contributed by atoms with E-state index in [0.717, 1.165) is 26.3 Å². The number of halogens is 1. The molecule has 1 aromatic heterocycles. The molecule has 0 aliphatic carbocycles. The van der Waals surface area contributed by atoms with Crippen LogP contribution in [-0.2, 0) is 4.79 Å². The fourth-order valence-electron chi connectivity index (χ4n) is 3.04. The van der Waals surface area contributed by atoms with Crippen LogP contribution in [0.2, 0.25) is 0 Å². The van der Waals surface area contributed by atoms with Crippen LogP contribution in [-0.4, -0.2) is 22.6 Å². The Morgan fingerprint density at radius 1 is 1.14 bits per heavy atom. The van der Waals surface area contributed by atoms with Crippen LogP contribution >= 0.6 is 15.9 Å². The molecule has 4 rings (SSSR count). The Labute approximate surface area is 169 Å². The van der Waals surface area contributed by atoms with Crippen LogP contribution in [0.1, 0.15) is 5.56 Å². The van der Waals surface area contributed by atoms with E-state index in [2.05, 4.69) is 31.1 Å². The van der Waals surface area contributed by atoms with Gasteiger partial charge in [-0.2, -0.15) is 0 Å². The van der Waals surface area contributed by atoms with Gasteiger partial charge in [-0.15, -0.1) is 10.2 Å². The van der Waals surface area contributed by atoms with Gasteiger partial charge in [0, 0.05) is 9.86 Å². The van der Waals surface area contributed by atoms with Crippen LogP contribution in [0.4, 0.5) is 5.69 Å². The molecule has 0 bridgehead atoms. The van der Waals surface area contributed by atoms with Crippen LogP contribution in [0.25, 0.3) is 21.7 Å². The summed E-state index contributed by atoms with van der Waals surface area (Å²) < 4.78 is 6.37. The number of aromatic nitrogens is 1. The van der Waals surface area contributed by atoms with Gasteiger partial charge in [0.05, 0.1) is 5.52 Å². The zero-order chi connectivity index (χ0) is 19.7. The summed E-state index contributed by atoms with van der Waals surface area (Å²) in [5.41, 5.74) is 1.90. The number of rotatable bonds is 4. The maximum absolute atomic E-state index is 12.1. The molecule has 1 heterocycles. The fourth-order valence-corrected chi connectivity index (χ4v) is 3.61. The summed E-state index contributed by atoms with van der Waals surface area (Å²) in [4.78, 5) is 14.9. The van der Waals surface area contributed by atoms with Crippen molar-refractivity contribution < 1.29 is 14.6 Å². The lowest BCUT2D eigenvalue weighted by Gasteiger charge is -2.04. The van der Waals surface area contributed by atoms with Crippen LogP contribution in [0.15, 0.2) is 69.3 Å². The minimum absolute atomic E-state index is 0.136. The van der Waals surface area contributed by atoms with Crippen molar-refractivity contribution in [3.05, 3.63) is 64.6 Å². The van der Waals surface area contributed by atoms with Crippen molar-refractivity contribution in [3.8, 4) is 11.6 Å². The summed E-state index contributed by atoms with van der Waals surface area (Å²) in [5.74, 6) is -0.103. The second-order valence-corrected chi connectivity index (χ2v) is 7.27. The number of carbonyl (C=O) groups is 1. The van der Waals surface area contributed by atoms with Crippen molar-refractivity contribution in [1.29, 1.82) is 0 Å². The number of nitrogens with one attached hydrogen (secondary N) is 1. The highest BCUT2D eigenvalue weighted by Gasteiger charge is 2.13. The number of carbonyl (C=O) groups excluding carboxylic acids is 1. The van der Waals surface area contributed by atoms with Gasteiger partial charge < -0.3 is 14.8 Å². The standard InChI is InChI=1S/C21H16BrN3O3/c1-12-8-15(22)10-17-19(12)23-21(27)20(17)25-24-18(26)11-28-16-7-6-13-4-2-3-5-14(13)9-16/h2-10,23,27H,11H2,1H3. The number of benzene rings is 3. The van der Waals surface area contributed by atoms with Crippen LogP contribution < -0.4 is 4.74 Å². The molecule has 1 amide bonds. The molecule has 0 fully saturated rings. The van der Waals surface area contributed by atoms with Gasteiger partial charge in [-0.25, -0.2) is 0 Å². The van der Waals surface area contributed by atoms with Crippen LogP contribution in [0, 0.1) is 6.92 Å². The second-order valence-electron chi connectivity index (χ2n) is 6.36. The quantitative estimate of drug-likeness (QED) is 0.396. The predicted molar refractivity (Wildman–Crippen MR) is 111 cm³/mol. The van der Waals surface area contributed by atoms with Gasteiger partial charge in [0.1, 0.15) is 5.75 Å². The van der Waals surface area contributed by atoms with E-state index in [9.17, 15) is 9.90 Å². The first-order valence-corrected chi connectivity index (χ1v) is 9.37. The largest absolute Gasteiger partial charge is 0.493 e. The number of hydrogen-bond acceptors (Lipinski definition) is 4. The number of aromatic hydroxyl groups is 1. The van der Waals surface area contributed by atoms with Crippen molar-refractivity contribution in [1.82, 2.24) is 4.98 Å². The van der Waals surface area contributed by atoms with Gasteiger partial charge in [0.25, 0.3) is 0 Å². The van der Waals surface area contributed by atoms with Crippen LogP contribution in [0.5, 0.6) is 11.6 Å². The fraction of sp³-hybridized carbons (Fsp3) is 0.0952. The van der Waals surface area contributed by atoms with Gasteiger partial charge in [-0.1, -0.05) is 46.3 Å². The van der Waals surface area contributed by atoms with E-state index in [1.807, 2.05) is 55.5 Å². The molecule has 2 N–H and O–H groups in total. The molecule has 0 aliphatic rings. The van der Waals surface area contributed by atoms with Crippen molar-refractivity contribution in [2.75, 3.05) is 6.61 Å². The number of H-pyrrole nitrogens is 1. The van der Waals surface area contributed by atoms with Gasteiger partial charge in [-0.05, 0) is 47.5 Å². The van der Waals surface area contributed by atoms with Gasteiger partial charge in [0.15, 0.2) is 12.3 Å². The molecule has 0 unspecified atom stereocenters. The van der Waals surface area contributed by atoms with Gasteiger partial charge in [-0.3, -0.25) is 4.79 Å². The number of azo groups is 1. The summed E-state index contributed by atoms with van der Waals surface area (Å²) in [6, 6.07) is 17.2. The molecule has 0 saturated heterocycles. The number of amides is 1. The molecular weight excluding hydrogens is 422 g/mol. The highest BCUT2D eigenvalue weighted by Crippen LogP contribution is 2.38. The molecule has 3 aromatic carbocycles. The van der Waals surface area contributed by atoms with E-state index >= 15 is 0 Å². The maximum atomic E-state index is 12.1. The monoisotopic (exact) mass is 437 g/mol. The van der Waals surface area contributed by atoms with Gasteiger partial charge >= 0.3 is 5.91 Å². The van der Waals surface area contributed by atoms with Gasteiger partial charge in [0.2, 0.25) is 5.88 Å². The van der Waals surface area contributed by atoms with E-state index in [1.165, 1.54) is 0 Å². The molecule has 0 aliphatic heterocycles. The van der Waals surface area contributed by atoms with E-state index in [-0.39, 0.29) is 18.2 Å². The lowest BCUT2D eigenvalue weighted by molar-refractivity contribution is -0.120. The zero-order valence-electron chi connectivity index (χ0n) is 14.9. The highest BCUT2D eigenvalue weighted by atomic mass is 79.9. The van der Waals surface area contributed by atoms with Crippen molar-refractivity contribution in [2.45, 2.75) is 6.92 Å². The number of ether oxygens (including phenoxy) is 1. The summed E-state index contributed by atoms with van der Waals surface area (Å²) in [6.45, 7) is 1.67. The number of nitrogens with zero attached hydrogens (tertiary/aromatic N) is 2. The smallest absolute Gasteiger partial charge is 0.302 e. The van der Waals surface area contributed by atoms with E-state index < -0.39 is 5.91 Å². The molecular formula is C21H16BrN3O3. The first-order valence-electron chi connectivity index (χ1n) is 8.58. The molecule has 0 saturated carbocycles. The molecule has 0 radical (unpaired) electrons. The summed E-state index contributed by atoms with van der Waals surface area (Å²) in [5, 5.41) is 20.5. The Balaban J connectivity index is 1.49. The number of aryl methyl sites for hydroxylation is 1. The topological polar surface area (TPSA) is 87.0 Å². The Kier molecular flexibility index (Phi) is 4.83. The number of aromatic amines is 1. The number of hydrogen-bond donors (Lipinski definition) is 2. The van der Waals surface area contributed by atoms with Crippen molar-refractivity contribution in [2.24, 2.45) is 10.2 Å². The summed E-state index contributed by atoms with van der Waals surface area (Å²) in [6.07, 6.45) is 0. The third kappa shape index (κ3) is 3.61. The molecule has 6 nitrogen and oxygen atoms in total. The minimum atomic E-state index is -0.548. The predicted octanol–water partition coefficient (Wildman–Crippen LogP) is 5.79. The lowest BCUT2D eigenvalue weighted by atomic mass is 10.1. The van der Waals surface area contributed by atoms with Crippen molar-refractivity contribution in [3.63, 3.8) is 0 Å². The average molecular weight is 438 g/mol. The Morgan fingerprint density at radius 3 is 2.75 bits per heavy atom. The van der Waals surface area contributed by atoms with Crippen molar-refractivity contribution >= 4 is 49.2 Å². The lowest BCUT2D eigenvalue weighted by Crippen LogP contribution is -2.07. The molecule has 140 valence electrons. The first-order chi connectivity index (χ1) is 13.5. The average Bonchev–Trinajstić information content (AvgIpc) is 3.00. The van der Waals surface area contributed by atoms with E-state index in [4.69, 9.17) is 4.74 Å². The summed E-state index contributed by atoms with van der Waals surface area (Å²) in [7, 11) is 0. The third-order valence-electron chi connectivity index (χ3n) is 4.37. The minimum Gasteiger partial charge on any atom is -0.493 e. The molecule has 4 aromatic rings. The first kappa shape index (κ1) is 18.2. The maximum Gasteiger partial charge on any atom is 0.302 e. The second kappa shape index (κ2) is 7.44. The Bertz CT molecular complexity index is 1230. The highest BCUT2D eigenvalue weighted by molar-refractivity contribution is 9.10. The number of fused-ring (bicyclic) bond motifs is 2. The summed E-state index contributed by atoms with van der Waals surface area (Å²) >= 11 is 3.42. The van der Waals surface area contributed by atoms with E-state index in [1.54, 1.807) is 6.07 Å². The third-order valence-corrected chi connectivity index (χ3v) is 4.83. The normalized spacial score (nSPS) is 11.5. The zero-order valence-corrected chi connectivity index (χ0v) is 16.5. The Morgan fingerprint density at radius 2 is 1.93 bits per heavy atom. The molecule has 7 heteroatoms. The van der Waals surface area contributed by atoms with E-state index in [0.29, 0.717) is 11.1 Å². The SMILES string of the molecule is Cc1cc(Br)cc2c(N=NC(=O)COc3ccc4ccccc4c3)c(O)[nH]c12.